The van der Waals surface area contributed by atoms with Crippen molar-refractivity contribution < 1.29 is 32.7 Å². The maximum atomic E-state index is 13.4. The zero-order valence-electron chi connectivity index (χ0n) is 25.4. The van der Waals surface area contributed by atoms with Crippen molar-refractivity contribution in [2.45, 2.75) is 45.0 Å². The minimum absolute atomic E-state index is 0.0284. The minimum atomic E-state index is -1.44. The lowest BCUT2D eigenvalue weighted by molar-refractivity contribution is -0.147. The van der Waals surface area contributed by atoms with Crippen LogP contribution in [0.15, 0.2) is 74.3 Å². The van der Waals surface area contributed by atoms with E-state index in [1.807, 2.05) is 24.3 Å². The zero-order chi connectivity index (χ0) is 34.4. The zero-order valence-corrected chi connectivity index (χ0v) is 27.6. The van der Waals surface area contributed by atoms with Gasteiger partial charge in [-0.05, 0) is 60.7 Å². The fourth-order valence-corrected chi connectivity index (χ4v) is 6.00. The summed E-state index contributed by atoms with van der Waals surface area (Å²) in [5.74, 6) is -3.25. The van der Waals surface area contributed by atoms with Gasteiger partial charge in [-0.15, -0.1) is 0 Å². The monoisotopic (exact) mass is 714 g/mol. The highest BCUT2D eigenvalue weighted by molar-refractivity contribution is 6.40. The van der Waals surface area contributed by atoms with Crippen LogP contribution in [0.5, 0.6) is 0 Å². The Morgan fingerprint density at radius 1 is 0.938 bits per heavy atom. The number of aryl methyl sites for hydroxylation is 2. The lowest BCUT2D eigenvalue weighted by atomic mass is 10.1. The van der Waals surface area contributed by atoms with Crippen molar-refractivity contribution in [3.63, 3.8) is 0 Å². The van der Waals surface area contributed by atoms with Crippen LogP contribution in [0.1, 0.15) is 61.4 Å². The van der Waals surface area contributed by atoms with Crippen molar-refractivity contribution in [1.82, 2.24) is 21.3 Å². The van der Waals surface area contributed by atoms with Crippen molar-refractivity contribution in [2.75, 3.05) is 6.54 Å². The first-order valence-corrected chi connectivity index (χ1v) is 15.8. The third-order valence-corrected chi connectivity index (χ3v) is 8.38. The largest absolute Gasteiger partial charge is 0.519 e. The van der Waals surface area contributed by atoms with Gasteiger partial charge < -0.3 is 34.8 Å². The predicted octanol–water partition coefficient (Wildman–Crippen LogP) is 5.26. The molecule has 12 nitrogen and oxygen atoms in total. The van der Waals surface area contributed by atoms with Crippen molar-refractivity contribution in [3.8, 4) is 0 Å². The smallest absolute Gasteiger partial charge is 0.456 e. The third kappa shape index (κ3) is 8.57. The van der Waals surface area contributed by atoms with Gasteiger partial charge in [0.25, 0.3) is 11.8 Å². The predicted molar refractivity (Wildman–Crippen MR) is 176 cm³/mol. The molecule has 0 saturated heterocycles. The number of ether oxygens (including phenoxy) is 1. The molecule has 15 heteroatoms. The summed E-state index contributed by atoms with van der Waals surface area (Å²) in [7, 11) is 0. The van der Waals surface area contributed by atoms with Crippen molar-refractivity contribution in [3.05, 3.63) is 126 Å². The first-order chi connectivity index (χ1) is 23.0. The molecule has 2 atom stereocenters. The molecule has 0 bridgehead atoms. The normalized spacial score (nSPS) is 14.0. The van der Waals surface area contributed by atoms with Crippen molar-refractivity contribution >= 4 is 58.6 Å². The van der Waals surface area contributed by atoms with Gasteiger partial charge in [-0.1, -0.05) is 71.2 Å². The number of hydrogen-bond donors (Lipinski definition) is 4. The van der Waals surface area contributed by atoms with E-state index in [-0.39, 0.29) is 45.3 Å². The number of nitrogens with one attached hydrogen (secondary N) is 4. The molecule has 0 radical (unpaired) electrons. The van der Waals surface area contributed by atoms with Gasteiger partial charge in [0.15, 0.2) is 18.1 Å². The molecule has 48 heavy (non-hydrogen) atoms. The van der Waals surface area contributed by atoms with E-state index < -0.39 is 48.8 Å². The number of hydrogen-bond acceptors (Lipinski definition) is 8. The number of carbonyl (C=O) groups is 4. The maximum Gasteiger partial charge on any atom is 0.519 e. The number of halogens is 3. The molecule has 2 unspecified atom stereocenters. The molecule has 4 N–H and O–H groups in total. The van der Waals surface area contributed by atoms with Crippen molar-refractivity contribution in [1.29, 1.82) is 0 Å². The van der Waals surface area contributed by atoms with Gasteiger partial charge in [0.1, 0.15) is 6.04 Å². The fourth-order valence-electron chi connectivity index (χ4n) is 5.13. The molecule has 1 heterocycles. The number of fused-ring (bicyclic) bond motifs is 1. The number of benzene rings is 3. The molecular formula is C33H29Cl3N4O8. The van der Waals surface area contributed by atoms with E-state index in [0.717, 1.165) is 23.1 Å². The average Bonchev–Trinajstić information content (AvgIpc) is 3.61. The molecule has 5 rings (SSSR count). The summed E-state index contributed by atoms with van der Waals surface area (Å²) in [5.41, 5.74) is 2.77. The molecule has 1 aromatic heterocycles. The Kier molecular flexibility index (Phi) is 11.1. The number of carbonyl (C=O) groups excluding carboxylic acids is 4. The van der Waals surface area contributed by atoms with E-state index in [1.54, 1.807) is 24.3 Å². The second-order valence-corrected chi connectivity index (χ2v) is 12.1. The van der Waals surface area contributed by atoms with Crippen LogP contribution in [-0.4, -0.2) is 36.4 Å². The van der Waals surface area contributed by atoms with Crippen LogP contribution in [0.4, 0.5) is 4.79 Å². The molecule has 0 aliphatic heterocycles. The van der Waals surface area contributed by atoms with Gasteiger partial charge in [-0.25, -0.2) is 14.4 Å². The third-order valence-electron chi connectivity index (χ3n) is 7.55. The van der Waals surface area contributed by atoms with E-state index in [0.29, 0.717) is 11.4 Å². The van der Waals surface area contributed by atoms with Gasteiger partial charge in [0, 0.05) is 17.1 Å². The van der Waals surface area contributed by atoms with Crippen LogP contribution in [0.25, 0.3) is 0 Å². The van der Waals surface area contributed by atoms with E-state index in [1.165, 1.54) is 19.1 Å². The molecule has 0 saturated carbocycles. The molecular weight excluding hydrogens is 687 g/mol. The molecule has 3 aromatic carbocycles. The first-order valence-electron chi connectivity index (χ1n) is 14.7. The molecule has 1 aliphatic rings. The Morgan fingerprint density at radius 3 is 2.40 bits per heavy atom. The fraction of sp³-hybridized carbons (Fsp3) is 0.242. The Bertz CT molecular complexity index is 1900. The van der Waals surface area contributed by atoms with Crippen LogP contribution in [0.2, 0.25) is 15.1 Å². The number of esters is 1. The van der Waals surface area contributed by atoms with Crippen LogP contribution in [-0.2, 0) is 29.1 Å². The quantitative estimate of drug-likeness (QED) is 0.153. The highest BCUT2D eigenvalue weighted by Gasteiger charge is 2.29. The Hall–Kier alpha value is -4.78. The second kappa shape index (κ2) is 15.4. The van der Waals surface area contributed by atoms with Gasteiger partial charge in [0.05, 0.1) is 28.2 Å². The van der Waals surface area contributed by atoms with Gasteiger partial charge >= 0.3 is 17.8 Å². The molecule has 1 aliphatic carbocycles. The lowest BCUT2D eigenvalue weighted by Gasteiger charge is -2.20. The second-order valence-electron chi connectivity index (χ2n) is 10.8. The van der Waals surface area contributed by atoms with Crippen LogP contribution < -0.4 is 27.1 Å². The Morgan fingerprint density at radius 2 is 1.69 bits per heavy atom. The summed E-state index contributed by atoms with van der Waals surface area (Å²) in [5, 5.41) is 10.9. The summed E-state index contributed by atoms with van der Waals surface area (Å²) >= 11 is 18.8. The van der Waals surface area contributed by atoms with E-state index in [9.17, 15) is 24.0 Å². The molecule has 250 valence electrons. The Labute approximate surface area is 289 Å². The number of rotatable bonds is 11. The molecule has 4 amide bonds. The van der Waals surface area contributed by atoms with Gasteiger partial charge in [-0.2, -0.15) is 0 Å². The van der Waals surface area contributed by atoms with E-state index in [2.05, 4.69) is 21.3 Å². The van der Waals surface area contributed by atoms with Crippen molar-refractivity contribution in [2.24, 2.45) is 0 Å². The van der Waals surface area contributed by atoms with Crippen LogP contribution >= 0.6 is 34.8 Å². The molecule has 0 fully saturated rings. The van der Waals surface area contributed by atoms with E-state index in [4.69, 9.17) is 48.4 Å². The molecule has 4 aromatic rings. The summed E-state index contributed by atoms with van der Waals surface area (Å²) in [6.07, 6.45) is 1.51. The van der Waals surface area contributed by atoms with Gasteiger partial charge in [0.2, 0.25) is 0 Å². The maximum absolute atomic E-state index is 13.4. The minimum Gasteiger partial charge on any atom is -0.456 e. The summed E-state index contributed by atoms with van der Waals surface area (Å²) in [4.78, 5) is 63.6. The Balaban J connectivity index is 1.27. The summed E-state index contributed by atoms with van der Waals surface area (Å²) in [6.45, 7) is 0.758. The van der Waals surface area contributed by atoms with Gasteiger partial charge in [-0.3, -0.25) is 9.59 Å². The first kappa shape index (κ1) is 34.6. The SMILES string of the molecule is Cc1oc(=O)oc1COC(=O)C(CNC(=O)NC1CCc2ccccc21)NC(=O)c1c(Cl)cc(C(=O)NCc2cccc(Cl)c2)cc1Cl. The van der Waals surface area contributed by atoms with Crippen LogP contribution in [0.3, 0.4) is 0 Å². The summed E-state index contributed by atoms with van der Waals surface area (Å²) in [6, 6.07) is 15.0. The highest BCUT2D eigenvalue weighted by atomic mass is 35.5. The van der Waals surface area contributed by atoms with Crippen LogP contribution in [0, 0.1) is 6.92 Å². The summed E-state index contributed by atoms with van der Waals surface area (Å²) < 4.78 is 14.9. The lowest BCUT2D eigenvalue weighted by Crippen LogP contribution is -2.51. The number of urea groups is 1. The molecule has 0 spiro atoms. The topological polar surface area (TPSA) is 169 Å². The number of amides is 4. The van der Waals surface area contributed by atoms with E-state index >= 15 is 0 Å². The standard InChI is InChI=1S/C33H29Cl3N4O8/c1-17-27(48-33(45)47-17)16-46-31(43)26(15-38-32(44)40-25-10-9-19-6-2-3-8-22(19)25)39-30(42)28-23(35)12-20(13-24(28)36)29(41)37-14-18-5-4-7-21(34)11-18/h2-8,11-13,25-26H,9-10,14-16H2,1H3,(H,37,41)(H,39,42)(H2,38,40,44). The highest BCUT2D eigenvalue weighted by Crippen LogP contribution is 2.30. The average molecular weight is 716 g/mol.